The first-order valence-corrected chi connectivity index (χ1v) is 6.73. The molecule has 1 aromatic heterocycles. The fraction of sp³-hybridized carbons (Fsp3) is 0.769. The molecule has 0 atom stereocenters. The van der Waals surface area contributed by atoms with Gasteiger partial charge >= 0.3 is 6.18 Å². The molecule has 108 valence electrons. The van der Waals surface area contributed by atoms with Crippen LogP contribution < -0.4 is 5.32 Å². The van der Waals surface area contributed by atoms with E-state index in [0.717, 1.165) is 18.8 Å². The second-order valence-corrected chi connectivity index (χ2v) is 5.25. The van der Waals surface area contributed by atoms with Crippen LogP contribution in [0.15, 0.2) is 12.4 Å². The standard InChI is InChI=1S/C13H20F3N3/c1-19-9-8-18-12(19)6-7-17-11-4-2-10(3-5-11)13(14,15)16/h8-11,17H,2-7H2,1H3. The van der Waals surface area contributed by atoms with Gasteiger partial charge in [-0.15, -0.1) is 0 Å². The molecule has 0 bridgehead atoms. The highest BCUT2D eigenvalue weighted by molar-refractivity contribution is 4.92. The van der Waals surface area contributed by atoms with Gasteiger partial charge in [0.15, 0.2) is 0 Å². The Hall–Kier alpha value is -1.04. The van der Waals surface area contributed by atoms with Crippen molar-refractivity contribution in [2.75, 3.05) is 6.54 Å². The quantitative estimate of drug-likeness (QED) is 0.915. The van der Waals surface area contributed by atoms with Gasteiger partial charge in [0.05, 0.1) is 5.92 Å². The van der Waals surface area contributed by atoms with Crippen LogP contribution in [0.4, 0.5) is 13.2 Å². The number of alkyl halides is 3. The van der Waals surface area contributed by atoms with Crippen molar-refractivity contribution in [1.29, 1.82) is 0 Å². The molecule has 1 saturated carbocycles. The van der Waals surface area contributed by atoms with Crippen molar-refractivity contribution < 1.29 is 13.2 Å². The highest BCUT2D eigenvalue weighted by atomic mass is 19.4. The van der Waals surface area contributed by atoms with Crippen LogP contribution in [-0.4, -0.2) is 28.3 Å². The zero-order valence-corrected chi connectivity index (χ0v) is 11.1. The maximum atomic E-state index is 12.5. The van der Waals surface area contributed by atoms with Crippen LogP contribution in [0, 0.1) is 5.92 Å². The van der Waals surface area contributed by atoms with Gasteiger partial charge in [-0.3, -0.25) is 0 Å². The summed E-state index contributed by atoms with van der Waals surface area (Å²) in [6.45, 7) is 0.770. The zero-order valence-electron chi connectivity index (χ0n) is 11.1. The number of nitrogens with one attached hydrogen (secondary N) is 1. The minimum absolute atomic E-state index is 0.221. The van der Waals surface area contributed by atoms with Gasteiger partial charge in [0.25, 0.3) is 0 Å². The molecule has 0 amide bonds. The highest BCUT2D eigenvalue weighted by Crippen LogP contribution is 2.37. The summed E-state index contributed by atoms with van der Waals surface area (Å²) >= 11 is 0. The molecule has 1 fully saturated rings. The Kier molecular flexibility index (Phi) is 4.50. The smallest absolute Gasteiger partial charge is 0.338 e. The summed E-state index contributed by atoms with van der Waals surface area (Å²) in [5.74, 6) is -0.100. The van der Waals surface area contributed by atoms with Crippen molar-refractivity contribution >= 4 is 0 Å². The number of hydrogen-bond acceptors (Lipinski definition) is 2. The number of nitrogens with zero attached hydrogens (tertiary/aromatic N) is 2. The maximum absolute atomic E-state index is 12.5. The zero-order chi connectivity index (χ0) is 13.9. The van der Waals surface area contributed by atoms with Crippen molar-refractivity contribution in [2.45, 2.75) is 44.3 Å². The van der Waals surface area contributed by atoms with Gasteiger partial charge in [-0.2, -0.15) is 13.2 Å². The maximum Gasteiger partial charge on any atom is 0.391 e. The van der Waals surface area contributed by atoms with Crippen LogP contribution in [0.2, 0.25) is 0 Å². The molecule has 6 heteroatoms. The minimum atomic E-state index is -4.02. The van der Waals surface area contributed by atoms with E-state index >= 15 is 0 Å². The Morgan fingerprint density at radius 3 is 2.53 bits per heavy atom. The first-order chi connectivity index (χ1) is 8.97. The molecule has 1 aliphatic carbocycles. The molecular weight excluding hydrogens is 255 g/mol. The highest BCUT2D eigenvalue weighted by Gasteiger charge is 2.41. The van der Waals surface area contributed by atoms with Gasteiger partial charge in [-0.1, -0.05) is 0 Å². The molecule has 3 nitrogen and oxygen atoms in total. The molecule has 0 aliphatic heterocycles. The van der Waals surface area contributed by atoms with Gasteiger partial charge in [0.2, 0.25) is 0 Å². The number of imidazole rings is 1. The topological polar surface area (TPSA) is 29.9 Å². The van der Waals surface area contributed by atoms with Crippen molar-refractivity contribution in [3.05, 3.63) is 18.2 Å². The van der Waals surface area contributed by atoms with E-state index in [-0.39, 0.29) is 18.9 Å². The van der Waals surface area contributed by atoms with E-state index in [1.807, 2.05) is 17.8 Å². The normalized spacial score (nSPS) is 24.6. The SMILES string of the molecule is Cn1ccnc1CCNC1CCC(C(F)(F)F)CC1. The Bertz CT molecular complexity index is 392. The summed E-state index contributed by atoms with van der Waals surface area (Å²) in [5, 5.41) is 3.34. The number of aromatic nitrogens is 2. The Morgan fingerprint density at radius 2 is 2.00 bits per heavy atom. The fourth-order valence-electron chi connectivity index (χ4n) is 2.65. The van der Waals surface area contributed by atoms with E-state index in [1.54, 1.807) is 6.20 Å². The van der Waals surface area contributed by atoms with E-state index in [4.69, 9.17) is 0 Å². The van der Waals surface area contributed by atoms with Crippen LogP contribution in [-0.2, 0) is 13.5 Å². The molecule has 19 heavy (non-hydrogen) atoms. The van der Waals surface area contributed by atoms with Crippen molar-refractivity contribution in [3.8, 4) is 0 Å². The Morgan fingerprint density at radius 1 is 1.32 bits per heavy atom. The van der Waals surface area contributed by atoms with Crippen LogP contribution in [0.1, 0.15) is 31.5 Å². The molecule has 0 aromatic carbocycles. The first kappa shape index (κ1) is 14.4. The lowest BCUT2D eigenvalue weighted by atomic mass is 9.85. The van der Waals surface area contributed by atoms with Crippen LogP contribution >= 0.6 is 0 Å². The lowest BCUT2D eigenvalue weighted by Crippen LogP contribution is -2.37. The Labute approximate surface area is 111 Å². The summed E-state index contributed by atoms with van der Waals surface area (Å²) in [7, 11) is 1.94. The van der Waals surface area contributed by atoms with Crippen molar-refractivity contribution in [2.24, 2.45) is 13.0 Å². The molecule has 2 rings (SSSR count). The van der Waals surface area contributed by atoms with Crippen LogP contribution in [0.3, 0.4) is 0 Å². The summed E-state index contributed by atoms with van der Waals surface area (Å²) in [5.41, 5.74) is 0. The van der Waals surface area contributed by atoms with E-state index in [2.05, 4.69) is 10.3 Å². The van der Waals surface area contributed by atoms with E-state index in [9.17, 15) is 13.2 Å². The number of aryl methyl sites for hydroxylation is 1. The lowest BCUT2D eigenvalue weighted by Gasteiger charge is -2.30. The van der Waals surface area contributed by atoms with Gasteiger partial charge in [-0.25, -0.2) is 4.98 Å². The molecular formula is C13H20F3N3. The third-order valence-corrected chi connectivity index (χ3v) is 3.89. The molecule has 0 unspecified atom stereocenters. The fourth-order valence-corrected chi connectivity index (χ4v) is 2.65. The molecule has 1 N–H and O–H groups in total. The predicted octanol–water partition coefficient (Wildman–Crippen LogP) is 2.67. The first-order valence-electron chi connectivity index (χ1n) is 6.73. The van der Waals surface area contributed by atoms with Crippen LogP contribution in [0.5, 0.6) is 0 Å². The second-order valence-electron chi connectivity index (χ2n) is 5.25. The molecule has 0 saturated heterocycles. The minimum Gasteiger partial charge on any atom is -0.338 e. The van der Waals surface area contributed by atoms with Gasteiger partial charge < -0.3 is 9.88 Å². The number of rotatable bonds is 4. The molecule has 1 aromatic rings. The van der Waals surface area contributed by atoms with Gasteiger partial charge in [-0.05, 0) is 25.7 Å². The van der Waals surface area contributed by atoms with E-state index in [0.29, 0.717) is 12.8 Å². The molecule has 1 heterocycles. The molecule has 0 spiro atoms. The number of halogens is 3. The third kappa shape index (κ3) is 3.96. The van der Waals surface area contributed by atoms with Crippen molar-refractivity contribution in [1.82, 2.24) is 14.9 Å². The average Bonchev–Trinajstić information content (AvgIpc) is 2.75. The molecule has 0 radical (unpaired) electrons. The number of hydrogen-bond donors (Lipinski definition) is 1. The summed E-state index contributed by atoms with van der Waals surface area (Å²) in [6, 6.07) is 0.221. The summed E-state index contributed by atoms with van der Waals surface area (Å²) in [6.07, 6.45) is 2.18. The van der Waals surface area contributed by atoms with Gasteiger partial charge in [0, 0.05) is 38.4 Å². The lowest BCUT2D eigenvalue weighted by molar-refractivity contribution is -0.182. The second kappa shape index (κ2) is 5.94. The summed E-state index contributed by atoms with van der Waals surface area (Å²) < 4.78 is 39.5. The van der Waals surface area contributed by atoms with E-state index < -0.39 is 12.1 Å². The van der Waals surface area contributed by atoms with Crippen molar-refractivity contribution in [3.63, 3.8) is 0 Å². The summed E-state index contributed by atoms with van der Waals surface area (Å²) in [4.78, 5) is 4.22. The largest absolute Gasteiger partial charge is 0.391 e. The van der Waals surface area contributed by atoms with E-state index in [1.165, 1.54) is 0 Å². The molecule has 1 aliphatic rings. The third-order valence-electron chi connectivity index (χ3n) is 3.89. The Balaban J connectivity index is 1.68. The van der Waals surface area contributed by atoms with Crippen LogP contribution in [0.25, 0.3) is 0 Å². The predicted molar refractivity (Wildman–Crippen MR) is 66.7 cm³/mol. The average molecular weight is 275 g/mol. The van der Waals surface area contributed by atoms with Gasteiger partial charge in [0.1, 0.15) is 5.82 Å². The monoisotopic (exact) mass is 275 g/mol.